The topological polar surface area (TPSA) is 26.3 Å². The minimum Gasteiger partial charge on any atom is -0.489 e. The number of hydrogen-bond donors (Lipinski definition) is 0. The SMILES string of the molecule is CC(=O)c1ccc(O[C@H]2CCCC[C@H]2Cl)cc1. The van der Waals surface area contributed by atoms with Gasteiger partial charge in [0, 0.05) is 5.56 Å². The lowest BCUT2D eigenvalue weighted by atomic mass is 9.97. The van der Waals surface area contributed by atoms with Crippen LogP contribution in [0.25, 0.3) is 0 Å². The molecule has 1 fully saturated rings. The number of benzene rings is 1. The highest BCUT2D eigenvalue weighted by molar-refractivity contribution is 6.21. The third kappa shape index (κ3) is 3.22. The molecule has 0 amide bonds. The Balaban J connectivity index is 2.00. The Kier molecular flexibility index (Phi) is 4.06. The summed E-state index contributed by atoms with van der Waals surface area (Å²) in [6, 6.07) is 7.28. The van der Waals surface area contributed by atoms with Gasteiger partial charge in [-0.05, 0) is 50.5 Å². The Labute approximate surface area is 107 Å². The van der Waals surface area contributed by atoms with E-state index < -0.39 is 0 Å². The average Bonchev–Trinajstić information content (AvgIpc) is 2.33. The maximum atomic E-state index is 11.1. The third-order valence-electron chi connectivity index (χ3n) is 3.17. The van der Waals surface area contributed by atoms with Gasteiger partial charge in [0.1, 0.15) is 11.9 Å². The Bertz CT molecular complexity index is 386. The summed E-state index contributed by atoms with van der Waals surface area (Å²) < 4.78 is 5.86. The molecule has 1 aliphatic rings. The summed E-state index contributed by atoms with van der Waals surface area (Å²) in [6.45, 7) is 1.56. The molecule has 0 aromatic heterocycles. The fourth-order valence-corrected chi connectivity index (χ4v) is 2.46. The molecule has 2 rings (SSSR count). The predicted molar refractivity (Wildman–Crippen MR) is 69.0 cm³/mol. The van der Waals surface area contributed by atoms with Crippen LogP contribution >= 0.6 is 11.6 Å². The zero-order valence-corrected chi connectivity index (χ0v) is 10.7. The summed E-state index contributed by atoms with van der Waals surface area (Å²) >= 11 is 6.24. The van der Waals surface area contributed by atoms with E-state index in [0.717, 1.165) is 18.6 Å². The molecule has 2 nitrogen and oxygen atoms in total. The van der Waals surface area contributed by atoms with Gasteiger partial charge in [-0.1, -0.05) is 6.42 Å². The van der Waals surface area contributed by atoms with Crippen molar-refractivity contribution in [1.29, 1.82) is 0 Å². The van der Waals surface area contributed by atoms with Crippen molar-refractivity contribution >= 4 is 17.4 Å². The van der Waals surface area contributed by atoms with Gasteiger partial charge in [-0.15, -0.1) is 11.6 Å². The van der Waals surface area contributed by atoms with Crippen LogP contribution in [0.1, 0.15) is 43.0 Å². The number of ether oxygens (including phenoxy) is 1. The highest BCUT2D eigenvalue weighted by atomic mass is 35.5. The molecule has 0 saturated heterocycles. The van der Waals surface area contributed by atoms with E-state index in [-0.39, 0.29) is 17.3 Å². The van der Waals surface area contributed by atoms with Crippen molar-refractivity contribution < 1.29 is 9.53 Å². The van der Waals surface area contributed by atoms with Crippen LogP contribution in [0, 0.1) is 0 Å². The van der Waals surface area contributed by atoms with Crippen molar-refractivity contribution in [3.8, 4) is 5.75 Å². The van der Waals surface area contributed by atoms with Crippen LogP contribution in [0.5, 0.6) is 5.75 Å². The Hall–Kier alpha value is -1.02. The van der Waals surface area contributed by atoms with Gasteiger partial charge < -0.3 is 4.74 Å². The normalized spacial score (nSPS) is 24.4. The number of ketones is 1. The number of Topliss-reactive ketones (excluding diaryl/α,β-unsaturated/α-hetero) is 1. The molecule has 2 atom stereocenters. The molecule has 0 spiro atoms. The van der Waals surface area contributed by atoms with Crippen molar-refractivity contribution in [2.75, 3.05) is 0 Å². The first-order valence-electron chi connectivity index (χ1n) is 6.08. The molecule has 0 aliphatic heterocycles. The molecule has 0 heterocycles. The molecular formula is C14H17ClO2. The van der Waals surface area contributed by atoms with Gasteiger partial charge in [0.2, 0.25) is 0 Å². The molecule has 0 unspecified atom stereocenters. The lowest BCUT2D eigenvalue weighted by Crippen LogP contribution is -2.30. The average molecular weight is 253 g/mol. The first-order valence-corrected chi connectivity index (χ1v) is 6.52. The summed E-state index contributed by atoms with van der Waals surface area (Å²) in [6.07, 6.45) is 4.52. The van der Waals surface area contributed by atoms with Gasteiger partial charge in [-0.25, -0.2) is 0 Å². The van der Waals surface area contributed by atoms with Crippen LogP contribution in [0.4, 0.5) is 0 Å². The lowest BCUT2D eigenvalue weighted by Gasteiger charge is -2.27. The number of carbonyl (C=O) groups excluding carboxylic acids is 1. The molecule has 0 bridgehead atoms. The van der Waals surface area contributed by atoms with E-state index >= 15 is 0 Å². The summed E-state index contributed by atoms with van der Waals surface area (Å²) in [4.78, 5) is 11.1. The Morgan fingerprint density at radius 2 is 1.88 bits per heavy atom. The van der Waals surface area contributed by atoms with Gasteiger partial charge in [-0.3, -0.25) is 4.79 Å². The van der Waals surface area contributed by atoms with Crippen molar-refractivity contribution in [2.45, 2.75) is 44.1 Å². The lowest BCUT2D eigenvalue weighted by molar-refractivity contribution is 0.101. The third-order valence-corrected chi connectivity index (χ3v) is 3.67. The van der Waals surface area contributed by atoms with Crippen molar-refractivity contribution in [3.63, 3.8) is 0 Å². The fourth-order valence-electron chi connectivity index (χ4n) is 2.13. The zero-order valence-electron chi connectivity index (χ0n) is 9.99. The first kappa shape index (κ1) is 12.4. The first-order chi connectivity index (χ1) is 8.16. The van der Waals surface area contributed by atoms with E-state index in [9.17, 15) is 4.79 Å². The largest absolute Gasteiger partial charge is 0.489 e. The van der Waals surface area contributed by atoms with Crippen LogP contribution in [0.2, 0.25) is 0 Å². The molecule has 17 heavy (non-hydrogen) atoms. The highest BCUT2D eigenvalue weighted by Crippen LogP contribution is 2.27. The molecule has 3 heteroatoms. The van der Waals surface area contributed by atoms with Crippen molar-refractivity contribution in [1.82, 2.24) is 0 Å². The van der Waals surface area contributed by atoms with Gasteiger partial charge in [0.25, 0.3) is 0 Å². The number of hydrogen-bond acceptors (Lipinski definition) is 2. The number of carbonyl (C=O) groups is 1. The van der Waals surface area contributed by atoms with Gasteiger partial charge in [0.05, 0.1) is 5.38 Å². The maximum absolute atomic E-state index is 11.1. The Morgan fingerprint density at radius 1 is 1.24 bits per heavy atom. The second kappa shape index (κ2) is 5.54. The quantitative estimate of drug-likeness (QED) is 0.604. The fraction of sp³-hybridized carbons (Fsp3) is 0.500. The van der Waals surface area contributed by atoms with E-state index in [1.807, 2.05) is 12.1 Å². The zero-order chi connectivity index (χ0) is 12.3. The summed E-state index contributed by atoms with van der Waals surface area (Å²) in [5, 5.41) is 0.108. The second-order valence-corrected chi connectivity index (χ2v) is 5.10. The van der Waals surface area contributed by atoms with Crippen LogP contribution < -0.4 is 4.74 Å². The summed E-state index contributed by atoms with van der Waals surface area (Å²) in [7, 11) is 0. The second-order valence-electron chi connectivity index (χ2n) is 4.54. The molecule has 0 radical (unpaired) electrons. The maximum Gasteiger partial charge on any atom is 0.159 e. The number of alkyl halides is 1. The Morgan fingerprint density at radius 3 is 2.47 bits per heavy atom. The van der Waals surface area contributed by atoms with Gasteiger partial charge in [0.15, 0.2) is 5.78 Å². The van der Waals surface area contributed by atoms with Crippen LogP contribution in [0.3, 0.4) is 0 Å². The minimum absolute atomic E-state index is 0.0736. The summed E-state index contributed by atoms with van der Waals surface area (Å²) in [5.41, 5.74) is 0.711. The molecule has 1 aromatic carbocycles. The molecule has 0 N–H and O–H groups in total. The van der Waals surface area contributed by atoms with Crippen LogP contribution in [0.15, 0.2) is 24.3 Å². The molecule has 92 valence electrons. The monoisotopic (exact) mass is 252 g/mol. The molecule has 1 saturated carbocycles. The smallest absolute Gasteiger partial charge is 0.159 e. The van der Waals surface area contributed by atoms with Gasteiger partial charge >= 0.3 is 0 Å². The van der Waals surface area contributed by atoms with Crippen LogP contribution in [-0.4, -0.2) is 17.3 Å². The van der Waals surface area contributed by atoms with Crippen molar-refractivity contribution in [2.24, 2.45) is 0 Å². The van der Waals surface area contributed by atoms with E-state index in [4.69, 9.17) is 16.3 Å². The molecule has 1 aliphatic carbocycles. The van der Waals surface area contributed by atoms with Crippen molar-refractivity contribution in [3.05, 3.63) is 29.8 Å². The highest BCUT2D eigenvalue weighted by Gasteiger charge is 2.24. The van der Waals surface area contributed by atoms with E-state index in [1.54, 1.807) is 19.1 Å². The minimum atomic E-state index is 0.0736. The number of rotatable bonds is 3. The van der Waals surface area contributed by atoms with Crippen LogP contribution in [-0.2, 0) is 0 Å². The molecular weight excluding hydrogens is 236 g/mol. The van der Waals surface area contributed by atoms with Gasteiger partial charge in [-0.2, -0.15) is 0 Å². The molecule has 1 aromatic rings. The van der Waals surface area contributed by atoms with E-state index in [2.05, 4.69) is 0 Å². The standard InChI is InChI=1S/C14H17ClO2/c1-10(16)11-6-8-12(9-7-11)17-14-5-3-2-4-13(14)15/h6-9,13-14H,2-5H2,1H3/t13-,14+/m1/s1. The van der Waals surface area contributed by atoms with E-state index in [0.29, 0.717) is 5.56 Å². The van der Waals surface area contributed by atoms with E-state index in [1.165, 1.54) is 12.8 Å². The summed E-state index contributed by atoms with van der Waals surface area (Å²) in [5.74, 6) is 0.872. The number of halogens is 1. The predicted octanol–water partition coefficient (Wildman–Crippen LogP) is 3.82.